The molecule has 0 aromatic heterocycles. The number of carbonyl (C=O) groups excluding carboxylic acids is 2. The van der Waals surface area contributed by atoms with Gasteiger partial charge >= 0.3 is 0 Å². The molecule has 0 saturated carbocycles. The number of hydrazone groups is 1. The highest BCUT2D eigenvalue weighted by molar-refractivity contribution is 6.03. The fraction of sp³-hybridized carbons (Fsp3) is 0.211. The van der Waals surface area contributed by atoms with Crippen LogP contribution < -0.4 is 10.7 Å². The minimum Gasteiger partial charge on any atom is -0.507 e. The number of amides is 2. The van der Waals surface area contributed by atoms with Crippen molar-refractivity contribution in [2.45, 2.75) is 27.2 Å². The molecule has 6 heteroatoms. The van der Waals surface area contributed by atoms with Crippen molar-refractivity contribution in [2.75, 3.05) is 5.32 Å². The van der Waals surface area contributed by atoms with E-state index in [2.05, 4.69) is 15.8 Å². The topological polar surface area (TPSA) is 90.8 Å². The van der Waals surface area contributed by atoms with Gasteiger partial charge in [0.05, 0.1) is 6.21 Å². The van der Waals surface area contributed by atoms with E-state index in [1.165, 1.54) is 6.21 Å². The number of hydrogen-bond acceptors (Lipinski definition) is 4. The molecule has 0 fully saturated rings. The fourth-order valence-corrected chi connectivity index (χ4v) is 2.27. The lowest BCUT2D eigenvalue weighted by molar-refractivity contribution is -0.126. The zero-order valence-electron chi connectivity index (χ0n) is 14.5. The molecular formula is C19H21N3O3. The first-order chi connectivity index (χ1) is 11.8. The van der Waals surface area contributed by atoms with Crippen LogP contribution >= 0.6 is 0 Å². The van der Waals surface area contributed by atoms with Gasteiger partial charge in [-0.3, -0.25) is 9.59 Å². The molecule has 0 radical (unpaired) electrons. The van der Waals surface area contributed by atoms with Gasteiger partial charge in [0.15, 0.2) is 0 Å². The van der Waals surface area contributed by atoms with Crippen molar-refractivity contribution in [1.29, 1.82) is 0 Å². The summed E-state index contributed by atoms with van der Waals surface area (Å²) < 4.78 is 0. The van der Waals surface area contributed by atoms with Gasteiger partial charge < -0.3 is 10.4 Å². The zero-order chi connectivity index (χ0) is 18.4. The number of nitrogens with one attached hydrogen (secondary N) is 2. The Morgan fingerprint density at radius 3 is 2.24 bits per heavy atom. The first kappa shape index (κ1) is 18.2. The first-order valence-corrected chi connectivity index (χ1v) is 7.84. The summed E-state index contributed by atoms with van der Waals surface area (Å²) in [4.78, 5) is 23.6. The van der Waals surface area contributed by atoms with Crippen LogP contribution in [-0.2, 0) is 9.59 Å². The normalized spacial score (nSPS) is 10.7. The third-order valence-corrected chi connectivity index (χ3v) is 3.57. The molecule has 0 aliphatic carbocycles. The number of phenolic OH excluding ortho intramolecular Hbond substituents is 1. The number of benzene rings is 2. The molecule has 130 valence electrons. The monoisotopic (exact) mass is 339 g/mol. The van der Waals surface area contributed by atoms with Crippen LogP contribution in [0.2, 0.25) is 0 Å². The Morgan fingerprint density at radius 1 is 1.04 bits per heavy atom. The highest BCUT2D eigenvalue weighted by atomic mass is 16.3. The average molecular weight is 339 g/mol. The highest BCUT2D eigenvalue weighted by Gasteiger charge is 2.09. The number of anilines is 1. The van der Waals surface area contributed by atoms with E-state index in [0.29, 0.717) is 5.69 Å². The van der Waals surface area contributed by atoms with E-state index in [1.807, 2.05) is 19.1 Å². The second-order valence-corrected chi connectivity index (χ2v) is 5.89. The van der Waals surface area contributed by atoms with Crippen molar-refractivity contribution in [3.63, 3.8) is 0 Å². The lowest BCUT2D eigenvalue weighted by atomic mass is 10.1. The Hall–Kier alpha value is -3.15. The number of aromatic hydroxyl groups is 1. The Kier molecular flexibility index (Phi) is 5.89. The van der Waals surface area contributed by atoms with Gasteiger partial charge in [0.25, 0.3) is 0 Å². The first-order valence-electron chi connectivity index (χ1n) is 7.84. The van der Waals surface area contributed by atoms with Gasteiger partial charge in [-0.1, -0.05) is 17.7 Å². The number of hydrogen-bond donors (Lipinski definition) is 3. The Bertz CT molecular complexity index is 788. The van der Waals surface area contributed by atoms with E-state index in [-0.39, 0.29) is 12.2 Å². The predicted octanol–water partition coefficient (Wildman–Crippen LogP) is 2.80. The predicted molar refractivity (Wildman–Crippen MR) is 97.7 cm³/mol. The van der Waals surface area contributed by atoms with Crippen molar-refractivity contribution in [3.8, 4) is 5.75 Å². The second kappa shape index (κ2) is 8.10. The molecule has 2 amide bonds. The van der Waals surface area contributed by atoms with E-state index in [4.69, 9.17) is 0 Å². The van der Waals surface area contributed by atoms with Crippen molar-refractivity contribution >= 4 is 23.7 Å². The molecule has 0 unspecified atom stereocenters. The lowest BCUT2D eigenvalue weighted by Gasteiger charge is -2.05. The number of phenols is 1. The molecule has 0 spiro atoms. The third kappa shape index (κ3) is 5.46. The van der Waals surface area contributed by atoms with E-state index in [1.54, 1.807) is 38.1 Å². The molecule has 0 aliphatic heterocycles. The number of carbonyl (C=O) groups is 2. The lowest BCUT2D eigenvalue weighted by Crippen LogP contribution is -2.24. The van der Waals surface area contributed by atoms with Gasteiger partial charge in [-0.15, -0.1) is 0 Å². The maximum atomic E-state index is 11.8. The Morgan fingerprint density at radius 2 is 1.64 bits per heavy atom. The molecule has 0 bridgehead atoms. The second-order valence-electron chi connectivity index (χ2n) is 5.89. The molecule has 25 heavy (non-hydrogen) atoms. The maximum Gasteiger partial charge on any atom is 0.249 e. The van der Waals surface area contributed by atoms with Crippen molar-refractivity contribution in [3.05, 3.63) is 58.7 Å². The summed E-state index contributed by atoms with van der Waals surface area (Å²) >= 11 is 0. The van der Waals surface area contributed by atoms with Crippen LogP contribution in [0.5, 0.6) is 5.75 Å². The summed E-state index contributed by atoms with van der Waals surface area (Å²) in [5, 5.41) is 16.2. The summed E-state index contributed by atoms with van der Waals surface area (Å²) in [6.07, 6.45) is 1.15. The number of rotatable bonds is 5. The fourth-order valence-electron chi connectivity index (χ4n) is 2.27. The van der Waals surface area contributed by atoms with Gasteiger partial charge in [0.1, 0.15) is 12.2 Å². The summed E-state index contributed by atoms with van der Waals surface area (Å²) in [6.45, 7) is 5.52. The number of nitrogens with zero attached hydrogens (tertiary/aromatic N) is 1. The largest absolute Gasteiger partial charge is 0.507 e. The van der Waals surface area contributed by atoms with Crippen LogP contribution in [0.3, 0.4) is 0 Å². The zero-order valence-corrected chi connectivity index (χ0v) is 14.5. The Balaban J connectivity index is 1.85. The SMILES string of the molecule is Cc1ccc(NC(=O)CC(=O)N/N=C/c2cc(C)c(O)c(C)c2)cc1. The van der Waals surface area contributed by atoms with Crippen LogP contribution in [0, 0.1) is 20.8 Å². The van der Waals surface area contributed by atoms with Gasteiger partial charge in [-0.25, -0.2) is 5.43 Å². The molecule has 2 rings (SSSR count). The van der Waals surface area contributed by atoms with Crippen molar-refractivity contribution < 1.29 is 14.7 Å². The van der Waals surface area contributed by atoms with Gasteiger partial charge in [0.2, 0.25) is 11.8 Å². The van der Waals surface area contributed by atoms with E-state index in [9.17, 15) is 14.7 Å². The molecule has 2 aromatic carbocycles. The number of aryl methyl sites for hydroxylation is 3. The van der Waals surface area contributed by atoms with E-state index < -0.39 is 11.8 Å². The molecule has 2 aromatic rings. The smallest absolute Gasteiger partial charge is 0.249 e. The standard InChI is InChI=1S/C19H21N3O3/c1-12-4-6-16(7-5-12)21-17(23)10-18(24)22-20-11-15-8-13(2)19(25)14(3)9-15/h4-9,11,25H,10H2,1-3H3,(H,21,23)(H,22,24)/b20-11+. The highest BCUT2D eigenvalue weighted by Crippen LogP contribution is 2.21. The van der Waals surface area contributed by atoms with Crippen LogP contribution in [-0.4, -0.2) is 23.1 Å². The summed E-state index contributed by atoms with van der Waals surface area (Å²) in [5.41, 5.74) is 6.25. The molecule has 0 atom stereocenters. The van der Waals surface area contributed by atoms with Crippen molar-refractivity contribution in [2.24, 2.45) is 5.10 Å². The van der Waals surface area contributed by atoms with E-state index in [0.717, 1.165) is 22.3 Å². The van der Waals surface area contributed by atoms with Gasteiger partial charge in [-0.2, -0.15) is 5.10 Å². The van der Waals surface area contributed by atoms with Crippen LogP contribution in [0.1, 0.15) is 28.7 Å². The van der Waals surface area contributed by atoms with Gasteiger partial charge in [-0.05, 0) is 61.7 Å². The molecule has 0 heterocycles. The van der Waals surface area contributed by atoms with Crippen LogP contribution in [0.15, 0.2) is 41.5 Å². The van der Waals surface area contributed by atoms with Crippen LogP contribution in [0.25, 0.3) is 0 Å². The molecule has 6 nitrogen and oxygen atoms in total. The summed E-state index contributed by atoms with van der Waals surface area (Å²) in [7, 11) is 0. The average Bonchev–Trinajstić information content (AvgIpc) is 2.54. The quantitative estimate of drug-likeness (QED) is 0.444. The molecule has 0 aliphatic rings. The summed E-state index contributed by atoms with van der Waals surface area (Å²) in [5.74, 6) is -0.671. The Labute approximate surface area is 146 Å². The van der Waals surface area contributed by atoms with Crippen LogP contribution in [0.4, 0.5) is 5.69 Å². The van der Waals surface area contributed by atoms with E-state index >= 15 is 0 Å². The minimum absolute atomic E-state index is 0.244. The third-order valence-electron chi connectivity index (χ3n) is 3.57. The molecular weight excluding hydrogens is 318 g/mol. The molecule has 0 saturated heterocycles. The maximum absolute atomic E-state index is 11.8. The van der Waals surface area contributed by atoms with Gasteiger partial charge in [0, 0.05) is 5.69 Å². The molecule has 3 N–H and O–H groups in total. The van der Waals surface area contributed by atoms with Crippen molar-refractivity contribution in [1.82, 2.24) is 5.43 Å². The summed E-state index contributed by atoms with van der Waals surface area (Å²) in [6, 6.07) is 10.8. The minimum atomic E-state index is -0.506.